The fourth-order valence-electron chi connectivity index (χ4n) is 4.90. The monoisotopic (exact) mass is 512 g/mol. The van der Waals surface area contributed by atoms with E-state index in [1.165, 1.54) is 5.56 Å². The summed E-state index contributed by atoms with van der Waals surface area (Å²) in [6.07, 6.45) is 3.14. The van der Waals surface area contributed by atoms with Gasteiger partial charge in [0.15, 0.2) is 0 Å². The van der Waals surface area contributed by atoms with Gasteiger partial charge in [0.05, 0.1) is 17.7 Å². The van der Waals surface area contributed by atoms with Gasteiger partial charge in [-0.15, -0.1) is 12.4 Å². The molecule has 0 saturated carbocycles. The number of benzene rings is 3. The Kier molecular flexibility index (Phi) is 10.2. The van der Waals surface area contributed by atoms with E-state index in [2.05, 4.69) is 59.1 Å². The average Bonchev–Trinajstić information content (AvgIpc) is 2.88. The van der Waals surface area contributed by atoms with E-state index >= 15 is 0 Å². The number of methoxy groups -OCH3 is 1. The third kappa shape index (κ3) is 6.46. The first-order valence-corrected chi connectivity index (χ1v) is 12.5. The molecule has 1 unspecified atom stereocenters. The van der Waals surface area contributed by atoms with E-state index in [0.29, 0.717) is 10.8 Å². The number of piperazine rings is 1. The second-order valence-electron chi connectivity index (χ2n) is 8.99. The van der Waals surface area contributed by atoms with Crippen LogP contribution in [0.15, 0.2) is 60.7 Å². The Morgan fingerprint density at radius 2 is 1.80 bits per heavy atom. The van der Waals surface area contributed by atoms with Crippen molar-refractivity contribution in [2.75, 3.05) is 33.3 Å². The average molecular weight is 514 g/mol. The van der Waals surface area contributed by atoms with Crippen LogP contribution in [0.5, 0.6) is 5.75 Å². The SMILES string of the molecule is CCCCC(C(=C=O)c1ccc2c(Cl)c(OC)ccc2c1)N1CCN(Cc2ccccc2)CC1.Cl. The van der Waals surface area contributed by atoms with Gasteiger partial charge in [-0.05, 0) is 35.1 Å². The molecule has 0 radical (unpaired) electrons. The predicted octanol–water partition coefficient (Wildman–Crippen LogP) is 6.52. The molecule has 4 rings (SSSR count). The van der Waals surface area contributed by atoms with Gasteiger partial charge < -0.3 is 4.74 Å². The summed E-state index contributed by atoms with van der Waals surface area (Å²) in [5.41, 5.74) is 3.02. The minimum Gasteiger partial charge on any atom is -0.495 e. The van der Waals surface area contributed by atoms with Crippen molar-refractivity contribution in [1.29, 1.82) is 0 Å². The quantitative estimate of drug-likeness (QED) is 0.305. The third-order valence-electron chi connectivity index (χ3n) is 6.82. The standard InChI is InChI=1S/C29H33ClN2O2.ClH/c1-3-4-10-27(32-17-15-31(16-18-32)20-22-8-6-5-7-9-22)26(21-33)24-11-13-25-23(19-24)12-14-28(34-2)29(25)30;/h5-9,11-14,19,27H,3-4,10,15-18,20H2,1-2H3;1H. The van der Waals surface area contributed by atoms with Crippen LogP contribution >= 0.6 is 24.0 Å². The number of nitrogens with zero attached hydrogens (tertiary/aromatic N) is 2. The van der Waals surface area contributed by atoms with Crippen LogP contribution in [0.1, 0.15) is 37.3 Å². The van der Waals surface area contributed by atoms with E-state index in [9.17, 15) is 4.79 Å². The summed E-state index contributed by atoms with van der Waals surface area (Å²) in [4.78, 5) is 17.3. The Morgan fingerprint density at radius 1 is 1.06 bits per heavy atom. The van der Waals surface area contributed by atoms with Crippen molar-refractivity contribution in [1.82, 2.24) is 9.80 Å². The molecule has 1 aliphatic heterocycles. The molecule has 0 spiro atoms. The number of fused-ring (bicyclic) bond motifs is 1. The first-order valence-electron chi connectivity index (χ1n) is 12.2. The Hall–Kier alpha value is -2.33. The zero-order valence-electron chi connectivity index (χ0n) is 20.5. The summed E-state index contributed by atoms with van der Waals surface area (Å²) >= 11 is 6.51. The molecule has 0 N–H and O–H groups in total. The number of rotatable bonds is 9. The highest BCUT2D eigenvalue weighted by atomic mass is 35.5. The molecule has 1 atom stereocenters. The zero-order valence-corrected chi connectivity index (χ0v) is 22.1. The maximum atomic E-state index is 12.3. The smallest absolute Gasteiger partial charge is 0.138 e. The zero-order chi connectivity index (χ0) is 23.9. The lowest BCUT2D eigenvalue weighted by Crippen LogP contribution is -2.50. The van der Waals surface area contributed by atoms with E-state index in [4.69, 9.17) is 16.3 Å². The molecule has 6 heteroatoms. The minimum absolute atomic E-state index is 0. The second kappa shape index (κ2) is 13.1. The highest BCUT2D eigenvalue weighted by Gasteiger charge is 2.28. The van der Waals surface area contributed by atoms with E-state index in [1.807, 2.05) is 24.3 Å². The van der Waals surface area contributed by atoms with Crippen LogP contribution in [0, 0.1) is 0 Å². The van der Waals surface area contributed by atoms with E-state index in [0.717, 1.165) is 73.9 Å². The van der Waals surface area contributed by atoms with Crippen LogP contribution in [-0.4, -0.2) is 55.1 Å². The molecule has 35 heavy (non-hydrogen) atoms. The Labute approximate surface area is 219 Å². The molecule has 0 aliphatic carbocycles. The summed E-state index contributed by atoms with van der Waals surface area (Å²) in [7, 11) is 1.62. The van der Waals surface area contributed by atoms with Gasteiger partial charge in [0.25, 0.3) is 0 Å². The number of ether oxygens (including phenoxy) is 1. The molecule has 0 aromatic heterocycles. The summed E-state index contributed by atoms with van der Waals surface area (Å²) in [5.74, 6) is 2.99. The van der Waals surface area contributed by atoms with Gasteiger partial charge in [0.1, 0.15) is 11.7 Å². The normalized spacial score (nSPS) is 15.3. The predicted molar refractivity (Wildman–Crippen MR) is 148 cm³/mol. The molecule has 0 bridgehead atoms. The van der Waals surface area contributed by atoms with Crippen molar-refractivity contribution >= 4 is 46.3 Å². The van der Waals surface area contributed by atoms with Crippen LogP contribution in [0.25, 0.3) is 16.3 Å². The number of halogens is 2. The fraction of sp³-hybridized carbons (Fsp3) is 0.379. The van der Waals surface area contributed by atoms with E-state index in [1.54, 1.807) is 7.11 Å². The van der Waals surface area contributed by atoms with Crippen molar-refractivity contribution < 1.29 is 9.53 Å². The number of hydrogen-bond donors (Lipinski definition) is 0. The molecule has 1 heterocycles. The van der Waals surface area contributed by atoms with Crippen molar-refractivity contribution in [3.05, 3.63) is 76.8 Å². The molecule has 3 aromatic rings. The lowest BCUT2D eigenvalue weighted by Gasteiger charge is -2.39. The number of hydrogen-bond acceptors (Lipinski definition) is 4. The Bertz CT molecular complexity index is 1150. The summed E-state index contributed by atoms with van der Waals surface area (Å²) in [5, 5.41) is 2.52. The van der Waals surface area contributed by atoms with Crippen LogP contribution in [0.3, 0.4) is 0 Å². The minimum atomic E-state index is 0. The van der Waals surface area contributed by atoms with Crippen molar-refractivity contribution in [3.8, 4) is 5.75 Å². The fourth-order valence-corrected chi connectivity index (χ4v) is 5.21. The van der Waals surface area contributed by atoms with Crippen LogP contribution in [0.4, 0.5) is 0 Å². The van der Waals surface area contributed by atoms with Gasteiger partial charge in [-0.3, -0.25) is 9.80 Å². The molecular formula is C29H34Cl2N2O2. The maximum absolute atomic E-state index is 12.3. The molecule has 1 aliphatic rings. The summed E-state index contributed by atoms with van der Waals surface area (Å²) in [6.45, 7) is 7.06. The van der Waals surface area contributed by atoms with Gasteiger partial charge in [0.2, 0.25) is 0 Å². The lowest BCUT2D eigenvalue weighted by atomic mass is 9.92. The van der Waals surface area contributed by atoms with Gasteiger partial charge in [-0.1, -0.05) is 79.9 Å². The highest BCUT2D eigenvalue weighted by Crippen LogP contribution is 2.35. The highest BCUT2D eigenvalue weighted by molar-refractivity contribution is 6.37. The van der Waals surface area contributed by atoms with Crippen LogP contribution in [-0.2, 0) is 11.3 Å². The van der Waals surface area contributed by atoms with Gasteiger partial charge in [-0.25, -0.2) is 4.79 Å². The lowest BCUT2D eigenvalue weighted by molar-refractivity contribution is 0.106. The van der Waals surface area contributed by atoms with Crippen molar-refractivity contribution in [2.24, 2.45) is 0 Å². The largest absolute Gasteiger partial charge is 0.495 e. The molecule has 1 saturated heterocycles. The first-order chi connectivity index (χ1) is 16.6. The van der Waals surface area contributed by atoms with Crippen molar-refractivity contribution in [3.63, 3.8) is 0 Å². The van der Waals surface area contributed by atoms with Gasteiger partial charge in [-0.2, -0.15) is 0 Å². The molecule has 0 amide bonds. The molecular weight excluding hydrogens is 479 g/mol. The van der Waals surface area contributed by atoms with Gasteiger partial charge >= 0.3 is 0 Å². The molecule has 4 nitrogen and oxygen atoms in total. The van der Waals surface area contributed by atoms with Crippen molar-refractivity contribution in [2.45, 2.75) is 38.8 Å². The molecule has 3 aromatic carbocycles. The van der Waals surface area contributed by atoms with E-state index in [-0.39, 0.29) is 18.4 Å². The van der Waals surface area contributed by atoms with Gasteiger partial charge in [0, 0.05) is 44.2 Å². The number of carbonyl (C=O) groups excluding carboxylic acids is 1. The maximum Gasteiger partial charge on any atom is 0.138 e. The Balaban J connectivity index is 0.00000342. The second-order valence-corrected chi connectivity index (χ2v) is 9.37. The van der Waals surface area contributed by atoms with Crippen LogP contribution < -0.4 is 4.74 Å². The third-order valence-corrected chi connectivity index (χ3v) is 7.21. The number of unbranched alkanes of at least 4 members (excludes halogenated alkanes) is 1. The van der Waals surface area contributed by atoms with Crippen LogP contribution in [0.2, 0.25) is 5.02 Å². The summed E-state index contributed by atoms with van der Waals surface area (Å²) < 4.78 is 5.35. The topological polar surface area (TPSA) is 32.8 Å². The van der Waals surface area contributed by atoms with E-state index < -0.39 is 0 Å². The molecule has 186 valence electrons. The summed E-state index contributed by atoms with van der Waals surface area (Å²) in [6, 6.07) is 20.6. The first kappa shape index (κ1) is 27.3. The molecule has 1 fully saturated rings. The Morgan fingerprint density at radius 3 is 2.46 bits per heavy atom.